The Bertz CT molecular complexity index is 821. The van der Waals surface area contributed by atoms with Gasteiger partial charge in [0, 0.05) is 30.5 Å². The second kappa shape index (κ2) is 4.34. The molecule has 3 fully saturated rings. The first-order valence-electron chi connectivity index (χ1n) is 7.58. The number of piperidine rings is 1. The molecule has 6 heteroatoms. The Morgan fingerprint density at radius 3 is 3.00 bits per heavy atom. The van der Waals surface area contributed by atoms with E-state index in [2.05, 4.69) is 43.9 Å². The van der Waals surface area contributed by atoms with E-state index in [0.717, 1.165) is 29.9 Å². The van der Waals surface area contributed by atoms with Gasteiger partial charge in [-0.2, -0.15) is 5.10 Å². The molecule has 2 N–H and O–H groups in total. The van der Waals surface area contributed by atoms with Crippen molar-refractivity contribution in [1.29, 1.82) is 0 Å². The van der Waals surface area contributed by atoms with Gasteiger partial charge in [0.1, 0.15) is 6.33 Å². The van der Waals surface area contributed by atoms with Gasteiger partial charge in [-0.3, -0.25) is 4.98 Å². The van der Waals surface area contributed by atoms with Crippen molar-refractivity contribution < 1.29 is 0 Å². The van der Waals surface area contributed by atoms with Crippen molar-refractivity contribution in [3.63, 3.8) is 0 Å². The number of rotatable bonds is 2. The molecule has 6 nitrogen and oxygen atoms in total. The van der Waals surface area contributed by atoms with Gasteiger partial charge in [0.25, 0.3) is 0 Å². The van der Waals surface area contributed by atoms with E-state index in [0.29, 0.717) is 6.04 Å². The van der Waals surface area contributed by atoms with Crippen LogP contribution < -0.4 is 10.6 Å². The van der Waals surface area contributed by atoms with Crippen LogP contribution in [0.4, 0.5) is 0 Å². The van der Waals surface area contributed by atoms with E-state index in [1.54, 1.807) is 6.33 Å². The topological polar surface area (TPSA) is 67.1 Å². The lowest BCUT2D eigenvalue weighted by Crippen LogP contribution is -2.73. The van der Waals surface area contributed by atoms with E-state index >= 15 is 0 Å². The van der Waals surface area contributed by atoms with Gasteiger partial charge in [0.05, 0.1) is 17.3 Å². The van der Waals surface area contributed by atoms with Gasteiger partial charge in [-0.15, -0.1) is 0 Å². The molecule has 6 heterocycles. The first-order valence-corrected chi connectivity index (χ1v) is 7.58. The molecule has 3 atom stereocenters. The first kappa shape index (κ1) is 12.3. The molecular formula is C16H16N6. The average Bonchev–Trinajstić information content (AvgIpc) is 3.03. The highest BCUT2D eigenvalue weighted by Gasteiger charge is 2.55. The van der Waals surface area contributed by atoms with Gasteiger partial charge in [-0.05, 0) is 24.6 Å². The van der Waals surface area contributed by atoms with Gasteiger partial charge in [0.15, 0.2) is 5.65 Å². The molecular weight excluding hydrogens is 276 g/mol. The lowest BCUT2D eigenvalue weighted by Gasteiger charge is -2.58. The molecule has 0 radical (unpaired) electrons. The number of pyridine rings is 2. The number of hydrogen-bond donors (Lipinski definition) is 2. The predicted molar refractivity (Wildman–Crippen MR) is 81.2 cm³/mol. The highest BCUT2D eigenvalue weighted by molar-refractivity contribution is 5.51. The Labute approximate surface area is 127 Å². The monoisotopic (exact) mass is 292 g/mol. The van der Waals surface area contributed by atoms with Crippen LogP contribution in [0.15, 0.2) is 49.1 Å². The molecule has 3 unspecified atom stereocenters. The molecule has 6 rings (SSSR count). The molecule has 110 valence electrons. The van der Waals surface area contributed by atoms with E-state index in [9.17, 15) is 0 Å². The van der Waals surface area contributed by atoms with Crippen molar-refractivity contribution in [3.05, 3.63) is 60.3 Å². The molecule has 3 aromatic rings. The molecule has 22 heavy (non-hydrogen) atoms. The summed E-state index contributed by atoms with van der Waals surface area (Å²) in [6.07, 6.45) is 6.49. The normalized spacial score (nSPS) is 30.2. The molecule has 0 saturated carbocycles. The van der Waals surface area contributed by atoms with Gasteiger partial charge in [-0.25, -0.2) is 9.50 Å². The minimum Gasteiger partial charge on any atom is -0.306 e. The highest BCUT2D eigenvalue weighted by atomic mass is 15.3. The number of fused-ring (bicyclic) bond motifs is 3. The fourth-order valence-corrected chi connectivity index (χ4v) is 3.91. The largest absolute Gasteiger partial charge is 0.306 e. The van der Waals surface area contributed by atoms with Crippen molar-refractivity contribution in [3.8, 4) is 0 Å². The summed E-state index contributed by atoms with van der Waals surface area (Å²) in [5.41, 5.74) is 3.00. The Morgan fingerprint density at radius 1 is 1.18 bits per heavy atom. The van der Waals surface area contributed by atoms with Crippen molar-refractivity contribution >= 4 is 5.65 Å². The van der Waals surface area contributed by atoms with Crippen molar-refractivity contribution in [2.75, 3.05) is 6.54 Å². The molecule has 3 aromatic heterocycles. The lowest BCUT2D eigenvalue weighted by molar-refractivity contribution is 0.0325. The summed E-state index contributed by atoms with van der Waals surface area (Å²) in [4.78, 5) is 9.04. The Balaban J connectivity index is 1.68. The summed E-state index contributed by atoms with van der Waals surface area (Å²) in [5, 5.41) is 11.7. The summed E-state index contributed by atoms with van der Waals surface area (Å²) >= 11 is 0. The van der Waals surface area contributed by atoms with Crippen LogP contribution in [0.5, 0.6) is 0 Å². The van der Waals surface area contributed by atoms with Crippen molar-refractivity contribution in [2.45, 2.75) is 24.0 Å². The second-order valence-corrected chi connectivity index (χ2v) is 6.06. The van der Waals surface area contributed by atoms with Crippen LogP contribution in [-0.2, 0) is 5.54 Å². The smallest absolute Gasteiger partial charge is 0.160 e. The fourth-order valence-electron chi connectivity index (χ4n) is 3.91. The maximum Gasteiger partial charge on any atom is 0.160 e. The SMILES string of the molecule is c1ccc(C23CC(CNC2c2cccn4ncnc24)N3)nc1. The fraction of sp³-hybridized carbons (Fsp3) is 0.312. The molecule has 0 aromatic carbocycles. The molecule has 0 amide bonds. The predicted octanol–water partition coefficient (Wildman–Crippen LogP) is 1.03. The Morgan fingerprint density at radius 2 is 2.14 bits per heavy atom. The van der Waals surface area contributed by atoms with Crippen LogP contribution >= 0.6 is 0 Å². The summed E-state index contributed by atoms with van der Waals surface area (Å²) in [5.74, 6) is 0. The average molecular weight is 292 g/mol. The third kappa shape index (κ3) is 1.53. The quantitative estimate of drug-likeness (QED) is 0.738. The number of hydrogen-bond acceptors (Lipinski definition) is 5. The molecule has 2 bridgehead atoms. The van der Waals surface area contributed by atoms with E-state index in [-0.39, 0.29) is 11.6 Å². The molecule has 3 saturated heterocycles. The zero-order valence-electron chi connectivity index (χ0n) is 12.0. The maximum atomic E-state index is 4.61. The minimum absolute atomic E-state index is 0.139. The van der Waals surface area contributed by atoms with Gasteiger partial charge in [-0.1, -0.05) is 12.1 Å². The van der Waals surface area contributed by atoms with Gasteiger partial charge in [0.2, 0.25) is 0 Å². The number of nitrogens with one attached hydrogen (secondary N) is 2. The zero-order valence-corrected chi connectivity index (χ0v) is 12.0. The summed E-state index contributed by atoms with van der Waals surface area (Å²) in [6, 6.07) is 10.9. The molecule has 0 spiro atoms. The van der Waals surface area contributed by atoms with E-state index in [1.807, 2.05) is 29.0 Å². The summed E-state index contributed by atoms with van der Waals surface area (Å²) in [7, 11) is 0. The Kier molecular flexibility index (Phi) is 2.42. The van der Waals surface area contributed by atoms with Crippen LogP contribution in [0.3, 0.4) is 0 Å². The molecule has 0 aliphatic carbocycles. The minimum atomic E-state index is -0.155. The van der Waals surface area contributed by atoms with Crippen LogP contribution in [0.2, 0.25) is 0 Å². The van der Waals surface area contributed by atoms with E-state index in [1.165, 1.54) is 0 Å². The maximum absolute atomic E-state index is 4.61. The van der Waals surface area contributed by atoms with Crippen LogP contribution in [0.25, 0.3) is 5.65 Å². The summed E-state index contributed by atoms with van der Waals surface area (Å²) in [6.45, 7) is 0.967. The van der Waals surface area contributed by atoms with Crippen LogP contribution in [-0.4, -0.2) is 32.2 Å². The second-order valence-electron chi connectivity index (χ2n) is 6.06. The van der Waals surface area contributed by atoms with E-state index < -0.39 is 0 Å². The van der Waals surface area contributed by atoms with Crippen LogP contribution in [0.1, 0.15) is 23.7 Å². The highest BCUT2D eigenvalue weighted by Crippen LogP contribution is 2.47. The zero-order chi connectivity index (χ0) is 14.6. The standard InChI is InChI=1S/C16H16N6/c1-2-6-17-13(5-1)16-8-11(21-16)9-18-14(16)12-4-3-7-22-15(12)19-10-20-22/h1-7,10-11,14,18,21H,8-9H2. The van der Waals surface area contributed by atoms with Crippen molar-refractivity contribution in [2.24, 2.45) is 0 Å². The number of aromatic nitrogens is 4. The van der Waals surface area contributed by atoms with E-state index in [4.69, 9.17) is 0 Å². The number of piperazine rings is 1. The third-order valence-corrected chi connectivity index (χ3v) is 4.86. The van der Waals surface area contributed by atoms with Gasteiger partial charge >= 0.3 is 0 Å². The lowest BCUT2D eigenvalue weighted by atomic mass is 9.68. The molecule has 3 aliphatic rings. The Hall–Kier alpha value is -2.31. The third-order valence-electron chi connectivity index (χ3n) is 4.86. The summed E-state index contributed by atoms with van der Waals surface area (Å²) < 4.78 is 1.83. The first-order chi connectivity index (χ1) is 10.9. The van der Waals surface area contributed by atoms with Gasteiger partial charge < -0.3 is 10.6 Å². The van der Waals surface area contributed by atoms with Crippen molar-refractivity contribution in [1.82, 2.24) is 30.2 Å². The molecule has 3 aliphatic heterocycles. The number of nitrogens with zero attached hydrogens (tertiary/aromatic N) is 4. The van der Waals surface area contributed by atoms with Crippen LogP contribution in [0, 0.1) is 0 Å².